The minimum atomic E-state index is -7.41. The Morgan fingerprint density at radius 3 is 1.84 bits per heavy atom. The zero-order valence-electron chi connectivity index (χ0n) is 16.2. The topological polar surface area (TPSA) is 135 Å². The van der Waals surface area contributed by atoms with Crippen molar-refractivity contribution in [2.75, 3.05) is 0 Å². The van der Waals surface area contributed by atoms with Crippen molar-refractivity contribution in [2.45, 2.75) is 43.1 Å². The van der Waals surface area contributed by atoms with E-state index in [9.17, 15) is 57.3 Å². The number of rotatable bonds is 11. The van der Waals surface area contributed by atoms with Crippen LogP contribution < -0.4 is 4.18 Å². The first-order valence-electron chi connectivity index (χ1n) is 8.41. The molecule has 0 aromatic heterocycles. The summed E-state index contributed by atoms with van der Waals surface area (Å²) in [6.45, 7) is 3.26. The molecule has 0 saturated heterocycles. The van der Waals surface area contributed by atoms with Crippen LogP contribution in [0.3, 0.4) is 0 Å². The van der Waals surface area contributed by atoms with Gasteiger partial charge in [-0.3, -0.25) is 9.59 Å². The summed E-state index contributed by atoms with van der Waals surface area (Å²) in [6.07, 6.45) is -0.0984. The molecule has 0 spiro atoms. The molecule has 0 heterocycles. The summed E-state index contributed by atoms with van der Waals surface area (Å²) in [7, 11) is -14.4. The molecule has 1 unspecified atom stereocenters. The van der Waals surface area contributed by atoms with Gasteiger partial charge in [-0.15, -0.1) is 0 Å². The van der Waals surface area contributed by atoms with Crippen LogP contribution in [0.15, 0.2) is 24.3 Å². The van der Waals surface area contributed by atoms with Crippen LogP contribution in [-0.4, -0.2) is 49.4 Å². The number of ketones is 2. The summed E-state index contributed by atoms with van der Waals surface area (Å²) < 4.78 is 138. The van der Waals surface area contributed by atoms with E-state index in [1.165, 1.54) is 0 Å². The molecule has 0 aliphatic rings. The lowest BCUT2D eigenvalue weighted by atomic mass is 9.97. The Hall–Kier alpha value is -2.20. The van der Waals surface area contributed by atoms with Gasteiger partial charge in [0, 0.05) is 11.5 Å². The van der Waals surface area contributed by atoms with Gasteiger partial charge in [0.1, 0.15) is 11.5 Å². The molecule has 0 bridgehead atoms. The summed E-state index contributed by atoms with van der Waals surface area (Å²) in [4.78, 5) is 23.8. The molecule has 0 saturated carbocycles. The zero-order valence-corrected chi connectivity index (χ0v) is 17.8. The van der Waals surface area contributed by atoms with Gasteiger partial charge in [0.15, 0.2) is 15.9 Å². The van der Waals surface area contributed by atoms with E-state index >= 15 is 0 Å². The van der Waals surface area contributed by atoms with E-state index in [0.29, 0.717) is 18.6 Å². The fraction of sp³-hybridized carbons (Fsp3) is 0.500. The third-order valence-corrected chi connectivity index (χ3v) is 6.42. The van der Waals surface area contributed by atoms with Gasteiger partial charge >= 0.3 is 26.5 Å². The summed E-state index contributed by atoms with van der Waals surface area (Å²) >= 11 is 0. The lowest BCUT2D eigenvalue weighted by Crippen LogP contribution is -2.61. The molecule has 0 aliphatic heterocycles. The maximum Gasteiger partial charge on any atom is 0.450 e. The van der Waals surface area contributed by atoms with Gasteiger partial charge in [0.05, 0.1) is 6.42 Å². The van der Waals surface area contributed by atoms with Crippen LogP contribution in [0, 0.1) is 5.92 Å². The summed E-state index contributed by atoms with van der Waals surface area (Å²) in [5, 5.41) is -13.9. The van der Waals surface area contributed by atoms with Crippen LogP contribution in [0.5, 0.6) is 5.75 Å². The molecule has 0 radical (unpaired) electrons. The average molecular weight is 513 g/mol. The molecule has 0 fully saturated rings. The number of carbonyl (C=O) groups excluding carboxylic acids is 2. The Kier molecular flexibility index (Phi) is 7.81. The van der Waals surface area contributed by atoms with Crippen molar-refractivity contribution in [1.82, 2.24) is 0 Å². The Morgan fingerprint density at radius 2 is 1.44 bits per heavy atom. The summed E-state index contributed by atoms with van der Waals surface area (Å²) in [5.74, 6) is -9.95. The Labute approximate surface area is 178 Å². The van der Waals surface area contributed by atoms with Gasteiger partial charge in [-0.05, 0) is 30.7 Å². The smallest absolute Gasteiger partial charge is 0.450 e. The molecular formula is C16H15F6O8S2-. The van der Waals surface area contributed by atoms with Crippen molar-refractivity contribution >= 4 is 31.8 Å². The molecule has 1 atom stereocenters. The van der Waals surface area contributed by atoms with Crippen LogP contribution >= 0.6 is 0 Å². The predicted octanol–water partition coefficient (Wildman–Crippen LogP) is 2.95. The summed E-state index contributed by atoms with van der Waals surface area (Å²) in [6, 6.07) is 2.61. The second-order valence-electron chi connectivity index (χ2n) is 6.50. The van der Waals surface area contributed by atoms with Crippen LogP contribution in [0.4, 0.5) is 26.3 Å². The number of benzene rings is 1. The largest absolute Gasteiger partial charge is 0.743 e. The minimum absolute atomic E-state index is 0.215. The van der Waals surface area contributed by atoms with Gasteiger partial charge in [0.2, 0.25) is 0 Å². The highest BCUT2D eigenvalue weighted by molar-refractivity contribution is 7.88. The van der Waals surface area contributed by atoms with Crippen LogP contribution in [0.2, 0.25) is 0 Å². The molecule has 182 valence electrons. The van der Waals surface area contributed by atoms with E-state index in [0.717, 1.165) is 12.1 Å². The van der Waals surface area contributed by atoms with E-state index in [1.807, 2.05) is 0 Å². The normalized spacial score (nSPS) is 14.7. The average Bonchev–Trinajstić information content (AvgIpc) is 2.66. The molecule has 8 nitrogen and oxygen atoms in total. The molecule has 16 heteroatoms. The van der Waals surface area contributed by atoms with E-state index < -0.39 is 66.3 Å². The van der Waals surface area contributed by atoms with Gasteiger partial charge in [-0.25, -0.2) is 8.42 Å². The monoisotopic (exact) mass is 513 g/mol. The zero-order chi connectivity index (χ0) is 25.3. The van der Waals surface area contributed by atoms with Gasteiger partial charge in [0.25, 0.3) is 0 Å². The molecule has 1 aromatic carbocycles. The third-order valence-electron chi connectivity index (χ3n) is 4.24. The number of alkyl halides is 6. The maximum absolute atomic E-state index is 13.7. The second-order valence-corrected chi connectivity index (χ2v) is 9.51. The Morgan fingerprint density at radius 1 is 0.969 bits per heavy atom. The molecule has 1 rings (SSSR count). The van der Waals surface area contributed by atoms with Gasteiger partial charge in [-0.2, -0.15) is 34.8 Å². The van der Waals surface area contributed by atoms with Crippen molar-refractivity contribution in [1.29, 1.82) is 0 Å². The Bertz CT molecular complexity index is 1080. The number of halogens is 6. The number of hydrogen-bond acceptors (Lipinski definition) is 8. The molecule has 1 aromatic rings. The molecule has 0 aliphatic carbocycles. The second kappa shape index (κ2) is 8.97. The lowest BCUT2D eigenvalue weighted by Gasteiger charge is -2.32. The lowest BCUT2D eigenvalue weighted by molar-refractivity contribution is -0.247. The van der Waals surface area contributed by atoms with Crippen molar-refractivity contribution in [2.24, 2.45) is 5.92 Å². The van der Waals surface area contributed by atoms with Crippen LogP contribution in [-0.2, 0) is 25.0 Å². The van der Waals surface area contributed by atoms with E-state index in [4.69, 9.17) is 0 Å². The number of carbonyl (C=O) groups is 2. The first-order valence-corrected chi connectivity index (χ1v) is 11.2. The summed E-state index contributed by atoms with van der Waals surface area (Å²) in [5.41, 5.74) is -0.215. The molecule has 0 amide bonds. The third kappa shape index (κ3) is 5.06. The van der Waals surface area contributed by atoms with Crippen molar-refractivity contribution in [3.63, 3.8) is 0 Å². The van der Waals surface area contributed by atoms with Crippen molar-refractivity contribution < 1.29 is 61.5 Å². The Balaban J connectivity index is 3.16. The fourth-order valence-corrected chi connectivity index (χ4v) is 3.44. The molecular weight excluding hydrogens is 498 g/mol. The highest BCUT2D eigenvalue weighted by Gasteiger charge is 2.81. The highest BCUT2D eigenvalue weighted by Crippen LogP contribution is 2.50. The van der Waals surface area contributed by atoms with Gasteiger partial charge < -0.3 is 8.74 Å². The minimum Gasteiger partial charge on any atom is -0.743 e. The SMILES string of the molecule is CCC(C)C(=O)CC(=O)c1ccc(OS(=O)(=O)C(F)(F)C(F)(F)C(F)(F)S(=O)(=O)[O-])cc1. The molecule has 0 N–H and O–H groups in total. The highest BCUT2D eigenvalue weighted by atomic mass is 32.2. The first-order chi connectivity index (χ1) is 14.2. The maximum atomic E-state index is 13.7. The number of Topliss-reactive ketones (excluding diaryl/α,β-unsaturated/α-hetero) is 2. The molecule has 32 heavy (non-hydrogen) atoms. The van der Waals surface area contributed by atoms with E-state index in [-0.39, 0.29) is 5.56 Å². The fourth-order valence-electron chi connectivity index (χ4n) is 2.02. The van der Waals surface area contributed by atoms with Crippen LogP contribution in [0.1, 0.15) is 37.0 Å². The van der Waals surface area contributed by atoms with E-state index in [2.05, 4.69) is 4.18 Å². The quantitative estimate of drug-likeness (QED) is 0.145. The van der Waals surface area contributed by atoms with Crippen molar-refractivity contribution in [3.8, 4) is 5.75 Å². The van der Waals surface area contributed by atoms with Gasteiger partial charge in [-0.1, -0.05) is 13.8 Å². The van der Waals surface area contributed by atoms with Crippen LogP contribution in [0.25, 0.3) is 0 Å². The van der Waals surface area contributed by atoms with Crippen molar-refractivity contribution in [3.05, 3.63) is 29.8 Å². The predicted molar refractivity (Wildman–Crippen MR) is 93.9 cm³/mol. The standard InChI is InChI=1S/C16H16F6O8S2/c1-3-9(2)12(23)8-13(24)10-4-6-11(7-5-10)30-32(28,29)16(21,22)14(17,18)15(19,20)31(25,26)27/h4-7,9H,3,8H2,1-2H3,(H,25,26,27)/p-1. The number of hydrogen-bond donors (Lipinski definition) is 0. The van der Waals surface area contributed by atoms with E-state index in [1.54, 1.807) is 13.8 Å². The first kappa shape index (κ1) is 27.8.